The van der Waals surface area contributed by atoms with Gasteiger partial charge < -0.3 is 14.3 Å². The molecule has 1 aliphatic rings. The van der Waals surface area contributed by atoms with Crippen LogP contribution < -0.4 is 5.32 Å². The summed E-state index contributed by atoms with van der Waals surface area (Å²) in [5.74, 6) is -5.17. The van der Waals surface area contributed by atoms with Crippen LogP contribution in [0.4, 0.5) is 8.78 Å². The van der Waals surface area contributed by atoms with E-state index >= 15 is 0 Å². The van der Waals surface area contributed by atoms with E-state index in [1.807, 2.05) is 6.07 Å². The van der Waals surface area contributed by atoms with Crippen LogP contribution in [0.15, 0.2) is 41.1 Å². The second kappa shape index (κ2) is 8.21. The number of ketones is 2. The van der Waals surface area contributed by atoms with Gasteiger partial charge in [-0.15, -0.1) is 0 Å². The third kappa shape index (κ3) is 3.80. The maximum absolute atomic E-state index is 13.8. The number of nitrogens with zero attached hydrogens (tertiary/aromatic N) is 3. The summed E-state index contributed by atoms with van der Waals surface area (Å²) in [6.07, 6.45) is 1.52. The molecule has 0 aliphatic heterocycles. The number of hydrogen-bond acceptors (Lipinski definition) is 6. The third-order valence-corrected chi connectivity index (χ3v) is 6.89. The summed E-state index contributed by atoms with van der Waals surface area (Å²) in [6.45, 7) is 3.23. The van der Waals surface area contributed by atoms with E-state index in [0.29, 0.717) is 22.5 Å². The Bertz CT molecular complexity index is 1510. The topological polar surface area (TPSA) is 123 Å². The normalized spacial score (nSPS) is 16.0. The Morgan fingerprint density at radius 3 is 2.61 bits per heavy atom. The van der Waals surface area contributed by atoms with E-state index in [4.69, 9.17) is 4.42 Å². The second-order valence-electron chi connectivity index (χ2n) is 9.32. The van der Waals surface area contributed by atoms with Crippen molar-refractivity contribution in [3.63, 3.8) is 0 Å². The van der Waals surface area contributed by atoms with Crippen LogP contribution in [0.25, 0.3) is 11.0 Å². The lowest BCUT2D eigenvalue weighted by molar-refractivity contribution is -0.148. The molecule has 1 aromatic carbocycles. The molecule has 0 atom stereocenters. The first-order chi connectivity index (χ1) is 17.0. The Labute approximate surface area is 203 Å². The number of furan rings is 1. The van der Waals surface area contributed by atoms with Gasteiger partial charge in [0.05, 0.1) is 29.3 Å². The maximum Gasteiger partial charge on any atom is 0.293 e. The summed E-state index contributed by atoms with van der Waals surface area (Å²) in [5, 5.41) is 13.2. The highest BCUT2D eigenvalue weighted by molar-refractivity contribution is 6.43. The van der Waals surface area contributed by atoms with Gasteiger partial charge in [-0.2, -0.15) is 15.4 Å². The first kappa shape index (κ1) is 23.6. The van der Waals surface area contributed by atoms with Crippen molar-refractivity contribution in [1.29, 1.82) is 0 Å². The Morgan fingerprint density at radius 1 is 1.19 bits per heavy atom. The van der Waals surface area contributed by atoms with Crippen molar-refractivity contribution >= 4 is 28.4 Å². The summed E-state index contributed by atoms with van der Waals surface area (Å²) >= 11 is 0. The minimum absolute atomic E-state index is 0.0741. The molecule has 36 heavy (non-hydrogen) atoms. The third-order valence-electron chi connectivity index (χ3n) is 6.89. The average Bonchev–Trinajstić information content (AvgIpc) is 3.53. The molecule has 1 fully saturated rings. The molecule has 0 bridgehead atoms. The lowest BCUT2D eigenvalue weighted by atomic mass is 9.71. The van der Waals surface area contributed by atoms with Crippen molar-refractivity contribution in [3.05, 3.63) is 70.5 Å². The molecule has 11 heteroatoms. The van der Waals surface area contributed by atoms with Crippen molar-refractivity contribution < 1.29 is 27.6 Å². The smallest absolute Gasteiger partial charge is 0.293 e. The molecule has 0 unspecified atom stereocenters. The molecule has 0 spiro atoms. The number of benzene rings is 1. The van der Waals surface area contributed by atoms with Crippen molar-refractivity contribution in [3.8, 4) is 0 Å². The molecule has 3 heterocycles. The molecule has 1 amide bonds. The van der Waals surface area contributed by atoms with Crippen LogP contribution in [0.5, 0.6) is 0 Å². The van der Waals surface area contributed by atoms with Gasteiger partial charge in [0, 0.05) is 37.4 Å². The minimum atomic E-state index is -2.99. The van der Waals surface area contributed by atoms with Crippen LogP contribution in [0.3, 0.4) is 0 Å². The molecule has 1 saturated carbocycles. The number of aromatic nitrogens is 4. The minimum Gasteiger partial charge on any atom is -0.464 e. The van der Waals surface area contributed by atoms with Gasteiger partial charge in [0.1, 0.15) is 11.3 Å². The van der Waals surface area contributed by atoms with Gasteiger partial charge in [-0.25, -0.2) is 8.78 Å². The van der Waals surface area contributed by atoms with Gasteiger partial charge in [-0.05, 0) is 43.2 Å². The van der Waals surface area contributed by atoms with Crippen molar-refractivity contribution in [2.45, 2.75) is 44.6 Å². The number of aromatic amines is 1. The monoisotopic (exact) mass is 495 g/mol. The fourth-order valence-electron chi connectivity index (χ4n) is 5.09. The number of halogens is 2. The maximum atomic E-state index is 13.8. The molecule has 0 radical (unpaired) electrons. The number of amides is 1. The number of nitrogens with one attached hydrogen (secondary N) is 2. The Balaban J connectivity index is 1.40. The zero-order chi connectivity index (χ0) is 25.8. The highest BCUT2D eigenvalue weighted by Crippen LogP contribution is 2.51. The fraction of sp³-hybridized carbons (Fsp3) is 0.320. The molecule has 2 N–H and O–H groups in total. The summed E-state index contributed by atoms with van der Waals surface area (Å²) in [7, 11) is 1.65. The molecule has 0 saturated heterocycles. The number of Topliss-reactive ketones (excluding diaryl/α,β-unsaturated/α-hetero) is 2. The van der Waals surface area contributed by atoms with Gasteiger partial charge in [0.25, 0.3) is 17.6 Å². The molecular formula is C25H23F2N5O4. The van der Waals surface area contributed by atoms with E-state index in [9.17, 15) is 23.2 Å². The van der Waals surface area contributed by atoms with Crippen LogP contribution in [0.2, 0.25) is 0 Å². The summed E-state index contributed by atoms with van der Waals surface area (Å²) < 4.78 is 34.5. The average molecular weight is 495 g/mol. The van der Waals surface area contributed by atoms with E-state index in [1.165, 1.54) is 6.20 Å². The lowest BCUT2D eigenvalue weighted by Crippen LogP contribution is -2.61. The second-order valence-corrected chi connectivity index (χ2v) is 9.32. The largest absolute Gasteiger partial charge is 0.464 e. The summed E-state index contributed by atoms with van der Waals surface area (Å²) in [5.41, 5.74) is 1.28. The lowest BCUT2D eigenvalue weighted by Gasteiger charge is -2.46. The number of carbonyl (C=O) groups excluding carboxylic acids is 3. The van der Waals surface area contributed by atoms with Gasteiger partial charge in [0.15, 0.2) is 5.78 Å². The predicted molar refractivity (Wildman–Crippen MR) is 124 cm³/mol. The van der Waals surface area contributed by atoms with Crippen LogP contribution >= 0.6 is 0 Å². The molecule has 5 rings (SSSR count). The zero-order valence-electron chi connectivity index (χ0n) is 19.8. The SMILES string of the molecule is Cc1c(C(=O)C(=O)NC2(c3cn[nH]n3)CC(F)(F)C2)c(C)n(C)c1C(=O)Cc1ccc2occc2c1. The quantitative estimate of drug-likeness (QED) is 0.299. The van der Waals surface area contributed by atoms with E-state index in [2.05, 4.69) is 20.7 Å². The van der Waals surface area contributed by atoms with Crippen LogP contribution in [-0.2, 0) is 23.8 Å². The van der Waals surface area contributed by atoms with Gasteiger partial charge in [0.2, 0.25) is 0 Å². The van der Waals surface area contributed by atoms with Crippen molar-refractivity contribution in [2.24, 2.45) is 7.05 Å². The highest BCUT2D eigenvalue weighted by Gasteiger charge is 2.60. The highest BCUT2D eigenvalue weighted by atomic mass is 19.3. The zero-order valence-corrected chi connectivity index (χ0v) is 19.8. The van der Waals surface area contributed by atoms with E-state index < -0.39 is 36.0 Å². The van der Waals surface area contributed by atoms with Gasteiger partial charge in [-0.1, -0.05) is 6.07 Å². The molecule has 186 valence electrons. The van der Waals surface area contributed by atoms with Gasteiger partial charge >= 0.3 is 0 Å². The number of fused-ring (bicyclic) bond motifs is 1. The molecular weight excluding hydrogens is 472 g/mol. The first-order valence-corrected chi connectivity index (χ1v) is 11.3. The van der Waals surface area contributed by atoms with Crippen LogP contribution in [0, 0.1) is 13.8 Å². The number of alkyl halides is 2. The van der Waals surface area contributed by atoms with Gasteiger partial charge in [-0.3, -0.25) is 14.4 Å². The summed E-state index contributed by atoms with van der Waals surface area (Å²) in [4.78, 5) is 39.4. The first-order valence-electron chi connectivity index (χ1n) is 11.3. The van der Waals surface area contributed by atoms with Crippen LogP contribution in [0.1, 0.15) is 56.2 Å². The van der Waals surface area contributed by atoms with Crippen LogP contribution in [-0.4, -0.2) is 43.4 Å². The summed E-state index contributed by atoms with van der Waals surface area (Å²) in [6, 6.07) is 7.25. The standard InChI is InChI=1S/C25H23F2N5O4/c1-13-20(22(34)23(35)29-24(11-25(26,27)12-24)19-10-28-31-30-19)14(2)32(3)21(13)17(33)9-15-4-5-18-16(8-15)6-7-36-18/h4-8,10H,9,11-12H2,1-3H3,(H,29,35)(H,28,30,31). The Hall–Kier alpha value is -4.15. The van der Waals surface area contributed by atoms with E-state index in [0.717, 1.165) is 10.9 Å². The number of carbonyl (C=O) groups is 3. The van der Waals surface area contributed by atoms with Crippen molar-refractivity contribution in [1.82, 2.24) is 25.3 Å². The molecule has 3 aromatic heterocycles. The number of hydrogen-bond donors (Lipinski definition) is 2. The predicted octanol–water partition coefficient (Wildman–Crippen LogP) is 3.56. The Kier molecular flexibility index (Phi) is 5.38. The fourth-order valence-corrected chi connectivity index (χ4v) is 5.09. The van der Waals surface area contributed by atoms with E-state index in [-0.39, 0.29) is 23.5 Å². The van der Waals surface area contributed by atoms with E-state index in [1.54, 1.807) is 49.9 Å². The Morgan fingerprint density at radius 2 is 1.94 bits per heavy atom. The number of rotatable bonds is 7. The molecule has 4 aromatic rings. The van der Waals surface area contributed by atoms with Crippen molar-refractivity contribution in [2.75, 3.05) is 0 Å². The molecule has 9 nitrogen and oxygen atoms in total. The number of H-pyrrole nitrogens is 1. The molecule has 1 aliphatic carbocycles.